The number of benzene rings is 1. The van der Waals surface area contributed by atoms with Crippen molar-refractivity contribution in [2.45, 2.75) is 0 Å². The fraction of sp³-hybridized carbons (Fsp3) is 0.286. The number of hydrogen-bond donors (Lipinski definition) is 0. The van der Waals surface area contributed by atoms with E-state index >= 15 is 0 Å². The smallest absolute Gasteiger partial charge is 0.237 e. The van der Waals surface area contributed by atoms with E-state index in [0.29, 0.717) is 22.8 Å². The molecular formula is C14H15NO4S. The number of ether oxygens (including phenoxy) is 2. The monoisotopic (exact) mass is 293 g/mol. The molecule has 1 aromatic carbocycles. The molecule has 0 saturated heterocycles. The molecule has 0 fully saturated rings. The fourth-order valence-corrected chi connectivity index (χ4v) is 2.45. The van der Waals surface area contributed by atoms with Crippen LogP contribution >= 0.6 is 11.8 Å². The maximum atomic E-state index is 12.3. The topological polar surface area (TPSA) is 55.8 Å². The molecule has 2 rings (SSSR count). The molecule has 1 aliphatic heterocycles. The van der Waals surface area contributed by atoms with Gasteiger partial charge in [-0.25, -0.2) is 0 Å². The second-order valence-corrected chi connectivity index (χ2v) is 5.00. The van der Waals surface area contributed by atoms with Crippen LogP contribution < -0.4 is 9.47 Å². The number of thioether (sulfide) groups is 1. The minimum absolute atomic E-state index is 0.0125. The molecule has 20 heavy (non-hydrogen) atoms. The first-order valence-electron chi connectivity index (χ1n) is 5.98. The van der Waals surface area contributed by atoms with Crippen molar-refractivity contribution in [1.29, 1.82) is 0 Å². The molecule has 0 aliphatic carbocycles. The minimum Gasteiger partial charge on any atom is -0.497 e. The van der Waals surface area contributed by atoms with Gasteiger partial charge in [0.25, 0.3) is 0 Å². The van der Waals surface area contributed by atoms with E-state index in [1.165, 1.54) is 23.8 Å². The van der Waals surface area contributed by atoms with Crippen LogP contribution in [-0.2, 0) is 4.79 Å². The van der Waals surface area contributed by atoms with Crippen LogP contribution in [0.4, 0.5) is 0 Å². The minimum atomic E-state index is -0.172. The molecular weight excluding hydrogens is 278 g/mol. The van der Waals surface area contributed by atoms with Gasteiger partial charge in [-0.2, -0.15) is 0 Å². The van der Waals surface area contributed by atoms with Crippen LogP contribution in [0.15, 0.2) is 29.8 Å². The van der Waals surface area contributed by atoms with Crippen molar-refractivity contribution in [2.24, 2.45) is 0 Å². The second kappa shape index (κ2) is 6.47. The maximum Gasteiger partial charge on any atom is 0.237 e. The summed E-state index contributed by atoms with van der Waals surface area (Å²) in [5.74, 6) is 1.18. The summed E-state index contributed by atoms with van der Waals surface area (Å²) in [7, 11) is 3.04. The Morgan fingerprint density at radius 3 is 2.80 bits per heavy atom. The molecule has 0 radical (unpaired) electrons. The van der Waals surface area contributed by atoms with Gasteiger partial charge in [0.15, 0.2) is 5.78 Å². The molecule has 106 valence electrons. The molecule has 0 N–H and O–H groups in total. The van der Waals surface area contributed by atoms with E-state index in [0.717, 1.165) is 0 Å². The zero-order chi connectivity index (χ0) is 14.5. The van der Waals surface area contributed by atoms with Gasteiger partial charge in [-0.3, -0.25) is 9.59 Å². The summed E-state index contributed by atoms with van der Waals surface area (Å²) < 4.78 is 10.3. The van der Waals surface area contributed by atoms with E-state index in [-0.39, 0.29) is 18.2 Å². The summed E-state index contributed by atoms with van der Waals surface area (Å²) in [5, 5.41) is 1.81. The number of ketones is 1. The first kappa shape index (κ1) is 14.5. The Bertz CT molecular complexity index is 556. The molecule has 1 heterocycles. The maximum absolute atomic E-state index is 12.3. The van der Waals surface area contributed by atoms with E-state index in [9.17, 15) is 9.59 Å². The average molecular weight is 293 g/mol. The predicted octanol–water partition coefficient (Wildman–Crippen LogP) is 1.93. The van der Waals surface area contributed by atoms with Gasteiger partial charge in [-0.05, 0) is 17.5 Å². The van der Waals surface area contributed by atoms with Crippen molar-refractivity contribution >= 4 is 23.5 Å². The average Bonchev–Trinajstić information content (AvgIpc) is 2.48. The summed E-state index contributed by atoms with van der Waals surface area (Å²) in [6.07, 6.45) is 1.63. The van der Waals surface area contributed by atoms with Gasteiger partial charge in [0, 0.05) is 12.3 Å². The standard InChI is InChI=1S/C14H15NO4S/c1-18-10-3-4-11(13(7-10)19-2)12(16)8-15-5-6-20-9-14(15)17/h3-7H,8-9H2,1-2H3. The highest BCUT2D eigenvalue weighted by molar-refractivity contribution is 8.02. The lowest BCUT2D eigenvalue weighted by Crippen LogP contribution is -2.34. The zero-order valence-corrected chi connectivity index (χ0v) is 12.1. The van der Waals surface area contributed by atoms with Crippen molar-refractivity contribution in [3.8, 4) is 11.5 Å². The first-order valence-corrected chi connectivity index (χ1v) is 7.03. The summed E-state index contributed by atoms with van der Waals surface area (Å²) >= 11 is 1.42. The Hall–Kier alpha value is -1.95. The zero-order valence-electron chi connectivity index (χ0n) is 11.3. The van der Waals surface area contributed by atoms with Crippen LogP contribution in [0.5, 0.6) is 11.5 Å². The molecule has 0 unspecified atom stereocenters. The molecule has 0 saturated carbocycles. The second-order valence-electron chi connectivity index (χ2n) is 4.11. The van der Waals surface area contributed by atoms with Crippen LogP contribution in [-0.4, -0.2) is 43.1 Å². The lowest BCUT2D eigenvalue weighted by Gasteiger charge is -2.20. The number of amides is 1. The van der Waals surface area contributed by atoms with E-state index in [4.69, 9.17) is 9.47 Å². The van der Waals surface area contributed by atoms with Gasteiger partial charge in [-0.15, -0.1) is 11.8 Å². The highest BCUT2D eigenvalue weighted by Gasteiger charge is 2.20. The van der Waals surface area contributed by atoms with E-state index in [1.807, 2.05) is 0 Å². The van der Waals surface area contributed by atoms with Crippen LogP contribution in [0.2, 0.25) is 0 Å². The van der Waals surface area contributed by atoms with Gasteiger partial charge in [-0.1, -0.05) is 0 Å². The van der Waals surface area contributed by atoms with E-state index < -0.39 is 0 Å². The quantitative estimate of drug-likeness (QED) is 0.776. The number of nitrogens with zero attached hydrogens (tertiary/aromatic N) is 1. The predicted molar refractivity (Wildman–Crippen MR) is 77.2 cm³/mol. The Morgan fingerprint density at radius 2 is 2.15 bits per heavy atom. The lowest BCUT2D eigenvalue weighted by molar-refractivity contribution is -0.125. The molecule has 1 aromatic rings. The van der Waals surface area contributed by atoms with Crippen LogP contribution in [0.3, 0.4) is 0 Å². The van der Waals surface area contributed by atoms with Crippen LogP contribution in [0.1, 0.15) is 10.4 Å². The first-order chi connectivity index (χ1) is 9.65. The Balaban J connectivity index is 2.18. The molecule has 1 amide bonds. The normalized spacial score (nSPS) is 14.3. The largest absolute Gasteiger partial charge is 0.497 e. The third-order valence-electron chi connectivity index (χ3n) is 2.89. The third-order valence-corrected chi connectivity index (χ3v) is 3.62. The summed E-state index contributed by atoms with van der Waals surface area (Å²) in [4.78, 5) is 25.4. The highest BCUT2D eigenvalue weighted by atomic mass is 32.2. The third kappa shape index (κ3) is 3.14. The molecule has 6 heteroatoms. The number of rotatable bonds is 5. The molecule has 0 aromatic heterocycles. The number of carbonyl (C=O) groups is 2. The molecule has 0 spiro atoms. The van der Waals surface area contributed by atoms with Crippen molar-refractivity contribution < 1.29 is 19.1 Å². The van der Waals surface area contributed by atoms with Crippen LogP contribution in [0, 0.1) is 0 Å². The van der Waals surface area contributed by atoms with Gasteiger partial charge >= 0.3 is 0 Å². The molecule has 5 nitrogen and oxygen atoms in total. The SMILES string of the molecule is COc1ccc(C(=O)CN2C=CSCC2=O)c(OC)c1. The Kier molecular flexibility index (Phi) is 4.68. The van der Waals surface area contributed by atoms with Crippen molar-refractivity contribution in [3.63, 3.8) is 0 Å². The van der Waals surface area contributed by atoms with Gasteiger partial charge in [0.05, 0.1) is 32.1 Å². The molecule has 1 aliphatic rings. The van der Waals surface area contributed by atoms with E-state index in [2.05, 4.69) is 0 Å². The number of hydrogen-bond acceptors (Lipinski definition) is 5. The van der Waals surface area contributed by atoms with Crippen molar-refractivity contribution in [1.82, 2.24) is 4.90 Å². The van der Waals surface area contributed by atoms with Gasteiger partial charge in [0.1, 0.15) is 11.5 Å². The van der Waals surface area contributed by atoms with Gasteiger partial charge in [0.2, 0.25) is 5.91 Å². The lowest BCUT2D eigenvalue weighted by atomic mass is 10.1. The summed E-state index contributed by atoms with van der Waals surface area (Å²) in [6.45, 7) is 0.0125. The fourth-order valence-electron chi connectivity index (χ4n) is 1.81. The van der Waals surface area contributed by atoms with Crippen molar-refractivity contribution in [3.05, 3.63) is 35.4 Å². The molecule has 0 atom stereocenters. The Morgan fingerprint density at radius 1 is 1.35 bits per heavy atom. The molecule has 0 bridgehead atoms. The van der Waals surface area contributed by atoms with Crippen LogP contribution in [0.25, 0.3) is 0 Å². The number of carbonyl (C=O) groups excluding carboxylic acids is 2. The van der Waals surface area contributed by atoms with Crippen molar-refractivity contribution in [2.75, 3.05) is 26.5 Å². The summed E-state index contributed by atoms with van der Waals surface area (Å²) in [6, 6.07) is 4.99. The highest BCUT2D eigenvalue weighted by Crippen LogP contribution is 2.25. The summed E-state index contributed by atoms with van der Waals surface area (Å²) in [5.41, 5.74) is 0.438. The number of methoxy groups -OCH3 is 2. The van der Waals surface area contributed by atoms with E-state index in [1.54, 1.807) is 36.9 Å². The number of Topliss-reactive ketones (excluding diaryl/α,β-unsaturated/α-hetero) is 1. The Labute approximate surface area is 121 Å². The van der Waals surface area contributed by atoms with Gasteiger partial charge < -0.3 is 14.4 Å².